The number of benzene rings is 3. The van der Waals surface area contributed by atoms with Crippen LogP contribution in [0.1, 0.15) is 35.4 Å². The van der Waals surface area contributed by atoms with Crippen molar-refractivity contribution >= 4 is 34.8 Å². The zero-order valence-corrected chi connectivity index (χ0v) is 19.9. The van der Waals surface area contributed by atoms with Gasteiger partial charge in [-0.2, -0.15) is 0 Å². The molecule has 3 aromatic rings. The number of Topliss-reactive ketones (excluding diaryl/α,β-unsaturated/α-hetero) is 1. The third-order valence-electron chi connectivity index (χ3n) is 5.20. The number of phenols is 1. The Balaban J connectivity index is 1.72. The highest BCUT2D eigenvalue weighted by atomic mass is 16.6. The molecule has 9 nitrogen and oxygen atoms in total. The Hall–Kier alpha value is -4.79. The molecule has 3 rings (SSSR count). The number of ether oxygens (including phenoxy) is 2. The average molecular weight is 490 g/mol. The zero-order chi connectivity index (χ0) is 26.1. The summed E-state index contributed by atoms with van der Waals surface area (Å²) in [6, 6.07) is 17.9. The molecule has 0 saturated carbocycles. The molecule has 0 radical (unpaired) electrons. The molecule has 3 aromatic carbocycles. The van der Waals surface area contributed by atoms with Gasteiger partial charge in [-0.3, -0.25) is 14.9 Å². The number of nitrogens with one attached hydrogen (secondary N) is 2. The lowest BCUT2D eigenvalue weighted by Gasteiger charge is -2.18. The van der Waals surface area contributed by atoms with Crippen LogP contribution >= 0.6 is 0 Å². The van der Waals surface area contributed by atoms with Crippen LogP contribution in [0.5, 0.6) is 11.5 Å². The molecule has 0 saturated heterocycles. The van der Waals surface area contributed by atoms with Gasteiger partial charge in [-0.1, -0.05) is 24.3 Å². The summed E-state index contributed by atoms with van der Waals surface area (Å²) in [6.45, 7) is 1.45. The first-order chi connectivity index (χ1) is 17.3. The van der Waals surface area contributed by atoms with Crippen LogP contribution in [-0.4, -0.2) is 30.0 Å². The molecule has 0 aliphatic rings. The minimum Gasteiger partial charge on any atom is -0.504 e. The fourth-order valence-corrected chi connectivity index (χ4v) is 3.31. The Bertz CT molecular complexity index is 1270. The van der Waals surface area contributed by atoms with Gasteiger partial charge < -0.3 is 25.6 Å². The maximum atomic E-state index is 12.6. The number of carbonyl (C=O) groups excluding carboxylic acids is 3. The summed E-state index contributed by atoms with van der Waals surface area (Å²) >= 11 is 0. The number of phenolic OH excluding ortho intramolecular Hbond substituents is 1. The number of rotatable bonds is 9. The standard InChI is InChI=1S/C27H27N3O6/c1-17(31)18-10-13-20(14-11-18)29-27(34)36-24(19-12-15-25(35-2)23(32)16-19)8-5-9-26(33)30-22-7-4-3-6-21(22)28/h3-7,9-16,24,32H,8,28H2,1-2H3,(H,29,34)(H,30,33)/b9-5+/t24-/m1/s1. The van der Waals surface area contributed by atoms with Crippen LogP contribution in [0.4, 0.5) is 21.9 Å². The zero-order valence-electron chi connectivity index (χ0n) is 19.9. The number of amides is 2. The molecule has 36 heavy (non-hydrogen) atoms. The maximum absolute atomic E-state index is 12.6. The van der Waals surface area contributed by atoms with E-state index in [1.807, 2.05) is 0 Å². The first-order valence-corrected chi connectivity index (χ1v) is 11.0. The van der Waals surface area contributed by atoms with Crippen molar-refractivity contribution in [3.8, 4) is 11.5 Å². The van der Waals surface area contributed by atoms with Crippen LogP contribution in [0.3, 0.4) is 0 Å². The second-order valence-electron chi connectivity index (χ2n) is 7.80. The molecule has 0 spiro atoms. The fraction of sp³-hybridized carbons (Fsp3) is 0.148. The smallest absolute Gasteiger partial charge is 0.412 e. The number of hydrogen-bond acceptors (Lipinski definition) is 7. The molecular formula is C27H27N3O6. The van der Waals surface area contributed by atoms with Crippen molar-refractivity contribution in [2.75, 3.05) is 23.5 Å². The van der Waals surface area contributed by atoms with Crippen molar-refractivity contribution in [1.82, 2.24) is 0 Å². The van der Waals surface area contributed by atoms with Gasteiger partial charge in [0.05, 0.1) is 18.5 Å². The molecule has 0 bridgehead atoms. The Morgan fingerprint density at radius 3 is 2.39 bits per heavy atom. The first-order valence-electron chi connectivity index (χ1n) is 11.0. The largest absolute Gasteiger partial charge is 0.504 e. The van der Waals surface area contributed by atoms with Crippen LogP contribution in [0.25, 0.3) is 0 Å². The molecule has 1 atom stereocenters. The highest BCUT2D eigenvalue weighted by molar-refractivity contribution is 6.01. The average Bonchev–Trinajstić information content (AvgIpc) is 2.85. The lowest BCUT2D eigenvalue weighted by molar-refractivity contribution is -0.111. The van der Waals surface area contributed by atoms with E-state index in [4.69, 9.17) is 15.2 Å². The van der Waals surface area contributed by atoms with E-state index in [1.165, 1.54) is 26.2 Å². The van der Waals surface area contributed by atoms with Crippen molar-refractivity contribution in [1.29, 1.82) is 0 Å². The van der Waals surface area contributed by atoms with E-state index < -0.39 is 18.1 Å². The van der Waals surface area contributed by atoms with E-state index in [1.54, 1.807) is 66.7 Å². The van der Waals surface area contributed by atoms with Crippen molar-refractivity contribution in [2.24, 2.45) is 0 Å². The molecule has 0 fully saturated rings. The summed E-state index contributed by atoms with van der Waals surface area (Å²) in [5.74, 6) is -0.346. The molecule has 0 unspecified atom stereocenters. The molecule has 9 heteroatoms. The van der Waals surface area contributed by atoms with Crippen molar-refractivity contribution in [3.05, 3.63) is 90.0 Å². The normalized spacial score (nSPS) is 11.5. The van der Waals surface area contributed by atoms with Gasteiger partial charge in [0.1, 0.15) is 6.10 Å². The number of hydrogen-bond donors (Lipinski definition) is 4. The SMILES string of the molecule is COc1ccc([C@@H](C/C=C/C(=O)Nc2ccccc2N)OC(=O)Nc2ccc(C(C)=O)cc2)cc1O. The quantitative estimate of drug-likeness (QED) is 0.187. The molecule has 0 aliphatic carbocycles. The van der Waals surface area contributed by atoms with Crippen LogP contribution in [0.2, 0.25) is 0 Å². The van der Waals surface area contributed by atoms with E-state index in [9.17, 15) is 19.5 Å². The van der Waals surface area contributed by atoms with E-state index in [2.05, 4.69) is 10.6 Å². The Morgan fingerprint density at radius 2 is 1.75 bits per heavy atom. The van der Waals surface area contributed by atoms with E-state index >= 15 is 0 Å². The third-order valence-corrected chi connectivity index (χ3v) is 5.20. The minimum absolute atomic E-state index is 0.0886. The number of methoxy groups -OCH3 is 1. The van der Waals surface area contributed by atoms with Gasteiger partial charge in [0.15, 0.2) is 17.3 Å². The van der Waals surface area contributed by atoms with Crippen LogP contribution in [0.15, 0.2) is 78.9 Å². The van der Waals surface area contributed by atoms with E-state index in [-0.39, 0.29) is 23.7 Å². The topological polar surface area (TPSA) is 140 Å². The highest BCUT2D eigenvalue weighted by Crippen LogP contribution is 2.32. The van der Waals surface area contributed by atoms with E-state index in [0.717, 1.165) is 0 Å². The van der Waals surface area contributed by atoms with Gasteiger partial charge in [0.25, 0.3) is 0 Å². The van der Waals surface area contributed by atoms with Crippen molar-refractivity contribution in [3.63, 3.8) is 0 Å². The number of para-hydroxylation sites is 2. The van der Waals surface area contributed by atoms with Gasteiger partial charge >= 0.3 is 6.09 Å². The van der Waals surface area contributed by atoms with Crippen LogP contribution in [-0.2, 0) is 9.53 Å². The van der Waals surface area contributed by atoms with Crippen molar-refractivity contribution < 1.29 is 29.0 Å². The summed E-state index contributed by atoms with van der Waals surface area (Å²) in [5.41, 5.74) is 8.21. The first kappa shape index (κ1) is 25.8. The highest BCUT2D eigenvalue weighted by Gasteiger charge is 2.18. The second kappa shape index (κ2) is 12.1. The van der Waals surface area contributed by atoms with Gasteiger partial charge in [-0.05, 0) is 67.1 Å². The Labute approximate surface area is 208 Å². The number of nitrogens with two attached hydrogens (primary N) is 1. The fourth-order valence-electron chi connectivity index (χ4n) is 3.31. The molecule has 0 aliphatic heterocycles. The summed E-state index contributed by atoms with van der Waals surface area (Å²) < 4.78 is 10.7. The number of carbonyl (C=O) groups is 3. The molecular weight excluding hydrogens is 462 g/mol. The summed E-state index contributed by atoms with van der Waals surface area (Å²) in [6.07, 6.45) is 1.42. The molecule has 2 amide bonds. The van der Waals surface area contributed by atoms with Gasteiger partial charge in [0, 0.05) is 17.7 Å². The minimum atomic E-state index is -0.829. The Kier molecular flexibility index (Phi) is 8.66. The molecule has 0 aromatic heterocycles. The van der Waals surface area contributed by atoms with Gasteiger partial charge in [-0.25, -0.2) is 4.79 Å². The van der Waals surface area contributed by atoms with Gasteiger partial charge in [-0.15, -0.1) is 0 Å². The summed E-state index contributed by atoms with van der Waals surface area (Å²) in [5, 5.41) is 15.5. The molecule has 5 N–H and O–H groups in total. The van der Waals surface area contributed by atoms with Crippen LogP contribution in [0, 0.1) is 0 Å². The number of anilines is 3. The lowest BCUT2D eigenvalue weighted by Crippen LogP contribution is -2.17. The maximum Gasteiger partial charge on any atom is 0.412 e. The lowest BCUT2D eigenvalue weighted by atomic mass is 10.1. The Morgan fingerprint density at radius 1 is 1.03 bits per heavy atom. The van der Waals surface area contributed by atoms with E-state index in [0.29, 0.717) is 28.2 Å². The number of ketones is 1. The summed E-state index contributed by atoms with van der Waals surface area (Å²) in [7, 11) is 1.42. The monoisotopic (exact) mass is 489 g/mol. The van der Waals surface area contributed by atoms with Gasteiger partial charge in [0.2, 0.25) is 5.91 Å². The third kappa shape index (κ3) is 7.10. The molecule has 186 valence electrons. The molecule has 0 heterocycles. The number of aromatic hydroxyl groups is 1. The number of nitrogen functional groups attached to an aromatic ring is 1. The van der Waals surface area contributed by atoms with Crippen LogP contribution < -0.4 is 21.1 Å². The summed E-state index contributed by atoms with van der Waals surface area (Å²) in [4.78, 5) is 36.3. The second-order valence-corrected chi connectivity index (χ2v) is 7.80. The predicted molar refractivity (Wildman–Crippen MR) is 137 cm³/mol. The van der Waals surface area contributed by atoms with Crippen molar-refractivity contribution in [2.45, 2.75) is 19.4 Å². The predicted octanol–water partition coefficient (Wildman–Crippen LogP) is 5.06.